The van der Waals surface area contributed by atoms with Gasteiger partial charge in [-0.15, -0.1) is 0 Å². The Morgan fingerprint density at radius 2 is 0.897 bits per heavy atom. The van der Waals surface area contributed by atoms with Crippen LogP contribution in [0.4, 0.5) is 0 Å². The molecule has 0 heterocycles. The van der Waals surface area contributed by atoms with E-state index in [1.807, 2.05) is 0 Å². The summed E-state index contributed by atoms with van der Waals surface area (Å²) in [6.45, 7) is 6.44. The minimum absolute atomic E-state index is 0.187. The molecule has 2 N–H and O–H groups in total. The second-order valence-corrected chi connectivity index (χ2v) is 11.5. The Bertz CT molecular complexity index is 642. The molecule has 0 fully saturated rings. The average molecular weight is 554 g/mol. The van der Waals surface area contributed by atoms with E-state index < -0.39 is 40.5 Å². The van der Waals surface area contributed by atoms with Crippen LogP contribution < -0.4 is 5.11 Å². The van der Waals surface area contributed by atoms with Gasteiger partial charge in [0.1, 0.15) is 6.04 Å². The second kappa shape index (κ2) is 22.9. The Morgan fingerprint density at radius 3 is 1.18 bits per heavy atom. The van der Waals surface area contributed by atoms with Crippen molar-refractivity contribution in [2.24, 2.45) is 0 Å². The highest BCUT2D eigenvalue weighted by Gasteiger charge is 2.50. The van der Waals surface area contributed by atoms with Gasteiger partial charge in [0.2, 0.25) is 0 Å². The maximum atomic E-state index is 11.8. The summed E-state index contributed by atoms with van der Waals surface area (Å²) in [7, 11) is 0. The van der Waals surface area contributed by atoms with Crippen LogP contribution in [0.5, 0.6) is 0 Å². The third kappa shape index (κ3) is 15.5. The molecule has 3 unspecified atom stereocenters. The van der Waals surface area contributed by atoms with Crippen molar-refractivity contribution >= 4 is 17.9 Å². The van der Waals surface area contributed by atoms with E-state index in [1.165, 1.54) is 117 Å². The lowest BCUT2D eigenvalue weighted by Crippen LogP contribution is -2.72. The molecular formula is C32H59NO6. The van der Waals surface area contributed by atoms with Gasteiger partial charge in [0.05, 0.1) is 12.5 Å². The first-order valence-electron chi connectivity index (χ1n) is 15.8. The lowest BCUT2D eigenvalue weighted by atomic mass is 9.99. The summed E-state index contributed by atoms with van der Waals surface area (Å²) < 4.78 is -0.538. The molecule has 0 spiro atoms. The molecule has 0 aliphatic rings. The fourth-order valence-corrected chi connectivity index (χ4v) is 5.84. The van der Waals surface area contributed by atoms with Crippen molar-refractivity contribution in [1.29, 1.82) is 0 Å². The molecule has 39 heavy (non-hydrogen) atoms. The number of hydrogen-bond donors (Lipinski definition) is 2. The van der Waals surface area contributed by atoms with Crippen molar-refractivity contribution < 1.29 is 34.2 Å². The smallest absolute Gasteiger partial charge is 0.362 e. The van der Waals surface area contributed by atoms with Gasteiger partial charge >= 0.3 is 11.9 Å². The maximum Gasteiger partial charge on any atom is 0.362 e. The van der Waals surface area contributed by atoms with E-state index in [0.717, 1.165) is 19.3 Å². The molecule has 228 valence electrons. The highest BCUT2D eigenvalue weighted by molar-refractivity contribution is 5.76. The monoisotopic (exact) mass is 553 g/mol. The molecule has 0 aromatic heterocycles. The van der Waals surface area contributed by atoms with Gasteiger partial charge in [-0.1, -0.05) is 108 Å². The molecule has 0 amide bonds. The van der Waals surface area contributed by atoms with Crippen molar-refractivity contribution in [1.82, 2.24) is 0 Å². The highest BCUT2D eigenvalue weighted by atomic mass is 16.4. The van der Waals surface area contributed by atoms with Crippen LogP contribution in [0.15, 0.2) is 12.2 Å². The van der Waals surface area contributed by atoms with E-state index in [1.54, 1.807) is 0 Å². The minimum atomic E-state index is -1.42. The molecule has 0 saturated heterocycles. The third-order valence-corrected chi connectivity index (χ3v) is 8.62. The summed E-state index contributed by atoms with van der Waals surface area (Å²) in [6, 6.07) is -3.55. The molecule has 0 saturated carbocycles. The maximum absolute atomic E-state index is 11.8. The molecule has 7 heteroatoms. The van der Waals surface area contributed by atoms with E-state index in [4.69, 9.17) is 0 Å². The molecule has 0 aliphatic carbocycles. The van der Waals surface area contributed by atoms with Crippen LogP contribution >= 0.6 is 0 Å². The summed E-state index contributed by atoms with van der Waals surface area (Å²) in [4.78, 5) is 35.3. The quantitative estimate of drug-likeness (QED) is 0.0651. The summed E-state index contributed by atoms with van der Waals surface area (Å²) in [6.07, 6.45) is 27.7. The first-order valence-corrected chi connectivity index (χ1v) is 15.8. The van der Waals surface area contributed by atoms with E-state index in [-0.39, 0.29) is 6.54 Å². The van der Waals surface area contributed by atoms with Crippen molar-refractivity contribution in [2.45, 2.75) is 168 Å². The van der Waals surface area contributed by atoms with Crippen LogP contribution in [0.1, 0.15) is 150 Å². The molecule has 3 atom stereocenters. The predicted octanol–water partition coefficient (Wildman–Crippen LogP) is 6.88. The first-order chi connectivity index (χ1) is 18.6. The lowest BCUT2D eigenvalue weighted by Gasteiger charge is -2.49. The Kier molecular flexibility index (Phi) is 21.8. The summed E-state index contributed by atoms with van der Waals surface area (Å²) in [5.41, 5.74) is 0. The van der Waals surface area contributed by atoms with Crippen LogP contribution in [0.25, 0.3) is 0 Å². The normalized spacial score (nSPS) is 15.6. The number of unbranched alkanes of at least 4 members (excludes halogenated alkanes) is 18. The van der Waals surface area contributed by atoms with Gasteiger partial charge in [0.15, 0.2) is 12.1 Å². The number of aliphatic carboxylic acids is 3. The van der Waals surface area contributed by atoms with E-state index in [0.29, 0.717) is 6.42 Å². The van der Waals surface area contributed by atoms with Gasteiger partial charge in [-0.05, 0) is 53.4 Å². The summed E-state index contributed by atoms with van der Waals surface area (Å²) in [5, 5.41) is 31.0. The molecule has 0 radical (unpaired) electrons. The summed E-state index contributed by atoms with van der Waals surface area (Å²) >= 11 is 0. The van der Waals surface area contributed by atoms with E-state index in [2.05, 4.69) is 19.1 Å². The number of quaternary nitrogens is 1. The molecule has 7 nitrogen and oxygen atoms in total. The fourth-order valence-electron chi connectivity index (χ4n) is 5.84. The van der Waals surface area contributed by atoms with Gasteiger partial charge < -0.3 is 20.1 Å². The Balaban J connectivity index is 3.99. The summed E-state index contributed by atoms with van der Waals surface area (Å²) in [5.74, 6) is -3.81. The zero-order valence-corrected chi connectivity index (χ0v) is 25.5. The number of carbonyl (C=O) groups is 3. The molecule has 0 bridgehead atoms. The van der Waals surface area contributed by atoms with E-state index in [9.17, 15) is 29.7 Å². The van der Waals surface area contributed by atoms with E-state index >= 15 is 0 Å². The zero-order chi connectivity index (χ0) is 29.5. The molecule has 0 rings (SSSR count). The predicted molar refractivity (Wildman–Crippen MR) is 156 cm³/mol. The van der Waals surface area contributed by atoms with Gasteiger partial charge in [0, 0.05) is 0 Å². The van der Waals surface area contributed by atoms with Gasteiger partial charge in [-0.25, -0.2) is 9.59 Å². The number of carbonyl (C=O) groups excluding carboxylic acids is 1. The second-order valence-electron chi connectivity index (χ2n) is 11.5. The lowest BCUT2D eigenvalue weighted by molar-refractivity contribution is -0.969. The topological polar surface area (TPSA) is 115 Å². The SMILES string of the molecule is C/C=C/CCCCCCCCCCCCCCCCCCCC[N+](C(C)C(=O)[O-])(C(C)C(=O)O)C(C)C(=O)O. The standard InChI is InChI=1S/C32H59NO6/c1-5-6-7-8-9-10-11-12-13-14-15-16-17-18-19-20-21-22-23-24-25-26-33(27(2)30(34)35,28(3)31(36)37)29(4)32(38)39/h5-6,27-29H,7-26H2,1-4H3,(H2-,34,35,36,37,38,39)/b6-5+. The number of rotatable bonds is 27. The molecular weight excluding hydrogens is 494 g/mol. The minimum Gasteiger partial charge on any atom is -0.544 e. The Hall–Kier alpha value is -1.89. The molecule has 0 aromatic carbocycles. The van der Waals surface area contributed by atoms with Crippen LogP contribution in [0.3, 0.4) is 0 Å². The van der Waals surface area contributed by atoms with Gasteiger partial charge in [-0.3, -0.25) is 4.48 Å². The number of nitrogens with zero attached hydrogens (tertiary/aromatic N) is 1. The Labute approximate surface area is 238 Å². The van der Waals surface area contributed by atoms with Gasteiger partial charge in [-0.2, -0.15) is 0 Å². The van der Waals surface area contributed by atoms with Crippen LogP contribution in [-0.2, 0) is 14.4 Å². The van der Waals surface area contributed by atoms with Crippen molar-refractivity contribution in [3.63, 3.8) is 0 Å². The first kappa shape index (κ1) is 37.1. The van der Waals surface area contributed by atoms with Crippen LogP contribution in [0, 0.1) is 0 Å². The van der Waals surface area contributed by atoms with Crippen LogP contribution in [-0.4, -0.2) is 57.3 Å². The van der Waals surface area contributed by atoms with Crippen molar-refractivity contribution in [3.8, 4) is 0 Å². The number of allylic oxidation sites excluding steroid dienone is 2. The van der Waals surface area contributed by atoms with Crippen molar-refractivity contribution in [3.05, 3.63) is 12.2 Å². The highest BCUT2D eigenvalue weighted by Crippen LogP contribution is 2.27. The number of hydrogen-bond acceptors (Lipinski definition) is 4. The number of carboxylic acid groups (broad SMARTS) is 3. The largest absolute Gasteiger partial charge is 0.544 e. The molecule has 0 aliphatic heterocycles. The van der Waals surface area contributed by atoms with Gasteiger partial charge in [0.25, 0.3) is 0 Å². The third-order valence-electron chi connectivity index (χ3n) is 8.62. The Morgan fingerprint density at radius 1 is 0.590 bits per heavy atom. The average Bonchev–Trinajstić information content (AvgIpc) is 2.90. The number of carboxylic acids is 3. The zero-order valence-electron chi connectivity index (χ0n) is 25.5. The van der Waals surface area contributed by atoms with Crippen molar-refractivity contribution in [2.75, 3.05) is 6.54 Å². The molecule has 0 aromatic rings. The fraction of sp³-hybridized carbons (Fsp3) is 0.844. The van der Waals surface area contributed by atoms with Crippen LogP contribution in [0.2, 0.25) is 0 Å².